The summed E-state index contributed by atoms with van der Waals surface area (Å²) in [6.07, 6.45) is 4.26. The van der Waals surface area contributed by atoms with Crippen molar-refractivity contribution in [3.8, 4) is 0 Å². The molecule has 2 N–H and O–H groups in total. The van der Waals surface area contributed by atoms with E-state index in [2.05, 4.69) is 10.0 Å². The molecule has 1 saturated heterocycles. The van der Waals surface area contributed by atoms with Crippen molar-refractivity contribution in [2.45, 2.75) is 43.2 Å². The van der Waals surface area contributed by atoms with Gasteiger partial charge in [0.05, 0.1) is 11.0 Å². The highest BCUT2D eigenvalue weighted by atomic mass is 32.2. The van der Waals surface area contributed by atoms with Gasteiger partial charge < -0.3 is 10.1 Å². The molecular formula is C13H22N2O3S2. The molecule has 5 nitrogen and oxygen atoms in total. The van der Waals surface area contributed by atoms with Gasteiger partial charge in [-0.3, -0.25) is 0 Å². The molecule has 2 rings (SSSR count). The first kappa shape index (κ1) is 15.9. The lowest BCUT2D eigenvalue weighted by Crippen LogP contribution is -2.30. The first-order valence-corrected chi connectivity index (χ1v) is 9.32. The molecule has 0 radical (unpaired) electrons. The van der Waals surface area contributed by atoms with Gasteiger partial charge in [-0.2, -0.15) is 0 Å². The Bertz CT molecular complexity index is 507. The first-order valence-electron chi connectivity index (χ1n) is 6.95. The lowest BCUT2D eigenvalue weighted by Gasteiger charge is -2.22. The maximum atomic E-state index is 12.3. The largest absolute Gasteiger partial charge is 0.378 e. The second-order valence-corrected chi connectivity index (χ2v) is 7.65. The molecule has 2 heterocycles. The molecular weight excluding hydrogens is 296 g/mol. The molecule has 114 valence electrons. The normalized spacial score (nSPS) is 20.1. The molecule has 0 spiro atoms. The molecule has 1 aliphatic heterocycles. The number of hydrogen-bond donors (Lipinski definition) is 2. The van der Waals surface area contributed by atoms with Crippen LogP contribution >= 0.6 is 11.3 Å². The summed E-state index contributed by atoms with van der Waals surface area (Å²) in [6, 6.07) is 1.66. The quantitative estimate of drug-likeness (QED) is 0.803. The summed E-state index contributed by atoms with van der Waals surface area (Å²) in [5.74, 6) is 0. The molecule has 0 aliphatic carbocycles. The van der Waals surface area contributed by atoms with E-state index in [1.807, 2.05) is 12.4 Å². The van der Waals surface area contributed by atoms with Gasteiger partial charge in [-0.05, 0) is 44.2 Å². The predicted molar refractivity (Wildman–Crippen MR) is 80.5 cm³/mol. The maximum Gasteiger partial charge on any atom is 0.241 e. The Labute approximate surface area is 124 Å². The topological polar surface area (TPSA) is 67.4 Å². The van der Waals surface area contributed by atoms with E-state index in [0.717, 1.165) is 30.7 Å². The van der Waals surface area contributed by atoms with E-state index in [-0.39, 0.29) is 6.10 Å². The fraction of sp³-hybridized carbons (Fsp3) is 0.692. The second kappa shape index (κ2) is 7.51. The fourth-order valence-electron chi connectivity index (χ4n) is 2.32. The van der Waals surface area contributed by atoms with Crippen LogP contribution in [-0.4, -0.2) is 34.7 Å². The minimum absolute atomic E-state index is 0.200. The number of thiophene rings is 1. The van der Waals surface area contributed by atoms with Gasteiger partial charge in [0.25, 0.3) is 0 Å². The molecule has 1 fully saturated rings. The zero-order valence-corrected chi connectivity index (χ0v) is 13.4. The summed E-state index contributed by atoms with van der Waals surface area (Å²) in [6.45, 7) is 1.80. The molecule has 0 amide bonds. The maximum absolute atomic E-state index is 12.3. The van der Waals surface area contributed by atoms with Gasteiger partial charge in [-0.1, -0.05) is 0 Å². The number of ether oxygens (including phenoxy) is 1. The Morgan fingerprint density at radius 1 is 1.45 bits per heavy atom. The van der Waals surface area contributed by atoms with E-state index < -0.39 is 10.0 Å². The molecule has 7 heteroatoms. The third kappa shape index (κ3) is 4.26. The van der Waals surface area contributed by atoms with Crippen molar-refractivity contribution in [1.29, 1.82) is 0 Å². The highest BCUT2D eigenvalue weighted by Gasteiger charge is 2.20. The summed E-state index contributed by atoms with van der Waals surface area (Å²) in [4.78, 5) is 1.23. The van der Waals surface area contributed by atoms with Gasteiger partial charge in [0, 0.05) is 24.6 Å². The number of rotatable bonds is 7. The summed E-state index contributed by atoms with van der Waals surface area (Å²) in [5.41, 5.74) is 0. The predicted octanol–water partition coefficient (Wildman–Crippen LogP) is 1.70. The lowest BCUT2D eigenvalue weighted by molar-refractivity contribution is 0.0123. The van der Waals surface area contributed by atoms with Crippen molar-refractivity contribution in [2.24, 2.45) is 0 Å². The Morgan fingerprint density at radius 3 is 3.00 bits per heavy atom. The van der Waals surface area contributed by atoms with Crippen LogP contribution in [0, 0.1) is 0 Å². The van der Waals surface area contributed by atoms with Crippen LogP contribution in [0.1, 0.15) is 30.6 Å². The monoisotopic (exact) mass is 318 g/mol. The van der Waals surface area contributed by atoms with Gasteiger partial charge in [0.1, 0.15) is 0 Å². The molecule has 1 aromatic rings. The Kier molecular flexibility index (Phi) is 5.98. The SMILES string of the molecule is CNCc1sccc1S(=O)(=O)NCCC1CCCCO1. The Hall–Kier alpha value is -0.470. The van der Waals surface area contributed by atoms with Gasteiger partial charge in [-0.25, -0.2) is 13.1 Å². The smallest absolute Gasteiger partial charge is 0.241 e. The zero-order chi connectivity index (χ0) is 14.4. The van der Waals surface area contributed by atoms with Gasteiger partial charge in [0.2, 0.25) is 10.0 Å². The van der Waals surface area contributed by atoms with Crippen LogP contribution in [-0.2, 0) is 21.3 Å². The van der Waals surface area contributed by atoms with Crippen molar-refractivity contribution in [3.63, 3.8) is 0 Å². The van der Waals surface area contributed by atoms with Crippen LogP contribution in [0.2, 0.25) is 0 Å². The fourth-order valence-corrected chi connectivity index (χ4v) is 4.83. The average Bonchev–Trinajstić information content (AvgIpc) is 2.89. The van der Waals surface area contributed by atoms with Crippen LogP contribution in [0.5, 0.6) is 0 Å². The van der Waals surface area contributed by atoms with Crippen LogP contribution in [0.15, 0.2) is 16.3 Å². The number of sulfonamides is 1. The molecule has 20 heavy (non-hydrogen) atoms. The molecule has 0 aromatic carbocycles. The molecule has 1 atom stereocenters. The van der Waals surface area contributed by atoms with E-state index in [9.17, 15) is 8.42 Å². The molecule has 1 aliphatic rings. The van der Waals surface area contributed by atoms with E-state index in [1.165, 1.54) is 17.8 Å². The summed E-state index contributed by atoms with van der Waals surface area (Å²) >= 11 is 1.46. The molecule has 0 bridgehead atoms. The summed E-state index contributed by atoms with van der Waals surface area (Å²) in [5, 5.41) is 4.80. The van der Waals surface area contributed by atoms with Crippen LogP contribution in [0.3, 0.4) is 0 Å². The number of hydrogen-bond acceptors (Lipinski definition) is 5. The van der Waals surface area contributed by atoms with Crippen molar-refractivity contribution in [2.75, 3.05) is 20.2 Å². The lowest BCUT2D eigenvalue weighted by atomic mass is 10.1. The molecule has 0 saturated carbocycles. The van der Waals surface area contributed by atoms with Gasteiger partial charge in [0.15, 0.2) is 0 Å². The third-order valence-corrected chi connectivity index (χ3v) is 5.96. The van der Waals surface area contributed by atoms with Gasteiger partial charge >= 0.3 is 0 Å². The van der Waals surface area contributed by atoms with E-state index in [4.69, 9.17) is 4.74 Å². The summed E-state index contributed by atoms with van der Waals surface area (Å²) < 4.78 is 32.8. The van der Waals surface area contributed by atoms with E-state index in [1.54, 1.807) is 6.07 Å². The van der Waals surface area contributed by atoms with Crippen molar-refractivity contribution in [3.05, 3.63) is 16.3 Å². The molecule has 1 aromatic heterocycles. The summed E-state index contributed by atoms with van der Waals surface area (Å²) in [7, 11) is -1.60. The average molecular weight is 318 g/mol. The van der Waals surface area contributed by atoms with Crippen LogP contribution in [0.25, 0.3) is 0 Å². The Morgan fingerprint density at radius 2 is 2.30 bits per heavy atom. The highest BCUT2D eigenvalue weighted by Crippen LogP contribution is 2.22. The van der Waals surface area contributed by atoms with Crippen molar-refractivity contribution >= 4 is 21.4 Å². The minimum Gasteiger partial charge on any atom is -0.378 e. The minimum atomic E-state index is -3.41. The third-order valence-electron chi connectivity index (χ3n) is 3.36. The first-order chi connectivity index (χ1) is 9.63. The van der Waals surface area contributed by atoms with Crippen molar-refractivity contribution in [1.82, 2.24) is 10.0 Å². The second-order valence-electron chi connectivity index (χ2n) is 4.91. The van der Waals surface area contributed by atoms with Crippen LogP contribution < -0.4 is 10.0 Å². The Balaban J connectivity index is 1.88. The number of nitrogens with one attached hydrogen (secondary N) is 2. The van der Waals surface area contributed by atoms with E-state index in [0.29, 0.717) is 18.0 Å². The van der Waals surface area contributed by atoms with Crippen LogP contribution in [0.4, 0.5) is 0 Å². The van der Waals surface area contributed by atoms with Gasteiger partial charge in [-0.15, -0.1) is 11.3 Å². The highest BCUT2D eigenvalue weighted by molar-refractivity contribution is 7.89. The van der Waals surface area contributed by atoms with Crippen molar-refractivity contribution < 1.29 is 13.2 Å². The molecule has 1 unspecified atom stereocenters. The van der Waals surface area contributed by atoms with E-state index >= 15 is 0 Å². The zero-order valence-electron chi connectivity index (χ0n) is 11.7. The standard InChI is InChI=1S/C13H22N2O3S2/c1-14-10-12-13(6-9-19-12)20(16,17)15-7-5-11-4-2-3-8-18-11/h6,9,11,14-15H,2-5,7-8,10H2,1H3.